The Balaban J connectivity index is 1.41. The lowest BCUT2D eigenvalue weighted by atomic mass is 9.93. The number of hydrogen-bond donors (Lipinski definition) is 0. The summed E-state index contributed by atoms with van der Waals surface area (Å²) in [6.07, 6.45) is 1.70. The maximum Gasteiger partial charge on any atom is 0.338 e. The smallest absolute Gasteiger partial charge is 0.338 e. The highest BCUT2D eigenvalue weighted by atomic mass is 79.9. The maximum absolute atomic E-state index is 14.2. The molecule has 8 nitrogen and oxygen atoms in total. The molecule has 0 saturated carbocycles. The van der Waals surface area contributed by atoms with Crippen LogP contribution in [0.1, 0.15) is 29.9 Å². The van der Waals surface area contributed by atoms with E-state index in [9.17, 15) is 9.59 Å². The summed E-state index contributed by atoms with van der Waals surface area (Å²) >= 11 is 6.29. The molecule has 2 aromatic heterocycles. The molecule has 220 valence electrons. The number of nitrogens with zero attached hydrogens (tertiary/aromatic N) is 2. The van der Waals surface area contributed by atoms with E-state index in [-0.39, 0.29) is 24.5 Å². The van der Waals surface area contributed by atoms with Crippen LogP contribution in [0, 0.1) is 0 Å². The molecule has 44 heavy (non-hydrogen) atoms. The Morgan fingerprint density at radius 1 is 1.07 bits per heavy atom. The van der Waals surface area contributed by atoms with Crippen molar-refractivity contribution < 1.29 is 23.4 Å². The van der Waals surface area contributed by atoms with Crippen molar-refractivity contribution in [2.45, 2.75) is 23.0 Å². The van der Waals surface area contributed by atoms with E-state index in [2.05, 4.69) is 15.9 Å². The van der Waals surface area contributed by atoms with Gasteiger partial charge in [-0.05, 0) is 58.7 Å². The van der Waals surface area contributed by atoms with Crippen LogP contribution in [0.15, 0.2) is 119 Å². The van der Waals surface area contributed by atoms with E-state index in [4.69, 9.17) is 23.6 Å². The minimum absolute atomic E-state index is 0.0979. The van der Waals surface area contributed by atoms with Crippen LogP contribution >= 0.6 is 39.0 Å². The van der Waals surface area contributed by atoms with Crippen LogP contribution in [-0.2, 0) is 9.53 Å². The second-order valence-electron chi connectivity index (χ2n) is 9.74. The average Bonchev–Trinajstić information content (AvgIpc) is 3.74. The van der Waals surface area contributed by atoms with Crippen molar-refractivity contribution in [1.29, 1.82) is 0 Å². The van der Waals surface area contributed by atoms with Gasteiger partial charge in [0.25, 0.3) is 5.56 Å². The Morgan fingerprint density at radius 3 is 2.59 bits per heavy atom. The van der Waals surface area contributed by atoms with E-state index in [1.807, 2.05) is 72.8 Å². The number of carbonyl (C=O) groups excluding carboxylic acids is 1. The molecule has 0 unspecified atom stereocenters. The van der Waals surface area contributed by atoms with Crippen molar-refractivity contribution in [1.82, 2.24) is 4.57 Å². The van der Waals surface area contributed by atoms with Gasteiger partial charge in [0.05, 0.1) is 32.9 Å². The molecule has 0 saturated heterocycles. The van der Waals surface area contributed by atoms with Crippen LogP contribution in [0.3, 0.4) is 0 Å². The zero-order valence-electron chi connectivity index (χ0n) is 23.2. The highest BCUT2D eigenvalue weighted by Crippen LogP contribution is 2.40. The van der Waals surface area contributed by atoms with Gasteiger partial charge in [-0.2, -0.15) is 0 Å². The predicted molar refractivity (Wildman–Crippen MR) is 171 cm³/mol. The second kappa shape index (κ2) is 12.0. The molecule has 4 heterocycles. The third kappa shape index (κ3) is 5.31. The summed E-state index contributed by atoms with van der Waals surface area (Å²) in [7, 11) is 0. The first-order chi connectivity index (χ1) is 21.5. The Morgan fingerprint density at radius 2 is 1.82 bits per heavy atom. The minimum Gasteiger partial charge on any atom is -0.463 e. The SMILES string of the molecule is CCOC(=O)C1=C(c2ccccc2)N=c2s/c(=C/c3cc(Br)c(Sc4ccccc4)o3)c(=O)n2[C@H]1c1ccc2c(c1)OCO2. The number of fused-ring (bicyclic) bond motifs is 2. The van der Waals surface area contributed by atoms with Gasteiger partial charge in [-0.25, -0.2) is 9.79 Å². The topological polar surface area (TPSA) is 92.3 Å². The number of esters is 1. The summed E-state index contributed by atoms with van der Waals surface area (Å²) in [4.78, 5) is 34.2. The minimum atomic E-state index is -0.829. The lowest BCUT2D eigenvalue weighted by molar-refractivity contribution is -0.138. The third-order valence-electron chi connectivity index (χ3n) is 6.99. The van der Waals surface area contributed by atoms with E-state index < -0.39 is 12.0 Å². The van der Waals surface area contributed by atoms with E-state index in [1.165, 1.54) is 23.1 Å². The van der Waals surface area contributed by atoms with Gasteiger partial charge < -0.3 is 18.6 Å². The lowest BCUT2D eigenvalue weighted by Gasteiger charge is -2.26. The van der Waals surface area contributed by atoms with E-state index >= 15 is 0 Å². The first-order valence-corrected chi connectivity index (χ1v) is 16.1. The van der Waals surface area contributed by atoms with Crippen molar-refractivity contribution in [2.24, 2.45) is 4.99 Å². The van der Waals surface area contributed by atoms with Crippen LogP contribution in [0.5, 0.6) is 11.5 Å². The summed E-state index contributed by atoms with van der Waals surface area (Å²) in [6.45, 7) is 2.01. The zero-order chi connectivity index (χ0) is 30.2. The molecule has 0 bridgehead atoms. The first kappa shape index (κ1) is 28.5. The Kier molecular flexibility index (Phi) is 7.75. The molecule has 3 aromatic carbocycles. The van der Waals surface area contributed by atoms with Gasteiger partial charge >= 0.3 is 5.97 Å². The van der Waals surface area contributed by atoms with E-state index in [0.717, 1.165) is 14.9 Å². The molecule has 7 rings (SSSR count). The van der Waals surface area contributed by atoms with Crippen molar-refractivity contribution in [3.63, 3.8) is 0 Å². The summed E-state index contributed by atoms with van der Waals surface area (Å²) in [6, 6.07) is 25.7. The Hall–Kier alpha value is -4.32. The molecular weight excluding hydrogens is 664 g/mol. The highest BCUT2D eigenvalue weighted by Gasteiger charge is 2.36. The predicted octanol–water partition coefficient (Wildman–Crippen LogP) is 6.17. The van der Waals surface area contributed by atoms with Gasteiger partial charge in [-0.3, -0.25) is 9.36 Å². The Bertz CT molecular complexity index is 2100. The molecule has 0 spiro atoms. The highest BCUT2D eigenvalue weighted by molar-refractivity contribution is 9.10. The summed E-state index contributed by atoms with van der Waals surface area (Å²) < 4.78 is 25.6. The summed E-state index contributed by atoms with van der Waals surface area (Å²) in [5, 5.41) is 0.671. The third-order valence-corrected chi connectivity index (χ3v) is 9.82. The van der Waals surface area contributed by atoms with Gasteiger partial charge in [0, 0.05) is 16.5 Å². The Labute approximate surface area is 268 Å². The standard InChI is InChI=1S/C33H23BrN2O6S2/c1-2-39-31(38)27-28(19-9-5-3-6-10-19)35-33-36(29(27)20-13-14-24-25(15-20)41-18-40-24)30(37)26(44-33)17-21-16-23(34)32(42-21)43-22-11-7-4-8-12-22/h3-17,29H,2,18H2,1H3/b26-17+/t29-/m0/s1. The van der Waals surface area contributed by atoms with Gasteiger partial charge in [0.15, 0.2) is 21.4 Å². The van der Waals surface area contributed by atoms with Crippen molar-refractivity contribution in [2.75, 3.05) is 13.4 Å². The maximum atomic E-state index is 14.2. The second-order valence-corrected chi connectivity index (χ2v) is 12.7. The van der Waals surface area contributed by atoms with E-state index in [1.54, 1.807) is 29.7 Å². The van der Waals surface area contributed by atoms with Gasteiger partial charge in [-0.15, -0.1) is 0 Å². The number of rotatable bonds is 7. The van der Waals surface area contributed by atoms with Gasteiger partial charge in [0.1, 0.15) is 5.76 Å². The number of furan rings is 1. The average molecular weight is 688 g/mol. The molecule has 0 fully saturated rings. The van der Waals surface area contributed by atoms with Crippen molar-refractivity contribution in [3.05, 3.63) is 132 Å². The van der Waals surface area contributed by atoms with Gasteiger partial charge in [-0.1, -0.05) is 77.7 Å². The molecule has 5 aromatic rings. The zero-order valence-corrected chi connectivity index (χ0v) is 26.4. The fraction of sp³-hybridized carbons (Fsp3) is 0.121. The number of halogens is 1. The van der Waals surface area contributed by atoms with Crippen molar-refractivity contribution in [3.8, 4) is 11.5 Å². The normalized spacial score (nSPS) is 15.7. The monoisotopic (exact) mass is 686 g/mol. The summed E-state index contributed by atoms with van der Waals surface area (Å²) in [5.74, 6) is 1.09. The number of hydrogen-bond acceptors (Lipinski definition) is 9. The molecule has 1 atom stereocenters. The lowest BCUT2D eigenvalue weighted by Crippen LogP contribution is -2.40. The van der Waals surface area contributed by atoms with Crippen LogP contribution in [0.4, 0.5) is 0 Å². The van der Waals surface area contributed by atoms with Gasteiger partial charge in [0.2, 0.25) is 6.79 Å². The number of ether oxygens (including phenoxy) is 3. The van der Waals surface area contributed by atoms with Crippen LogP contribution in [0.2, 0.25) is 0 Å². The van der Waals surface area contributed by atoms with Crippen LogP contribution < -0.4 is 24.4 Å². The first-order valence-electron chi connectivity index (χ1n) is 13.7. The molecule has 0 amide bonds. The number of carbonyl (C=O) groups is 1. The van der Waals surface area contributed by atoms with Crippen molar-refractivity contribution >= 4 is 56.8 Å². The fourth-order valence-electron chi connectivity index (χ4n) is 5.07. The molecular formula is C33H23BrN2O6S2. The number of aromatic nitrogens is 1. The van der Waals surface area contributed by atoms with E-state index in [0.29, 0.717) is 42.9 Å². The molecule has 2 aliphatic heterocycles. The largest absolute Gasteiger partial charge is 0.463 e. The molecule has 0 aliphatic carbocycles. The molecule has 0 N–H and O–H groups in total. The quantitative estimate of drug-likeness (QED) is 0.189. The number of benzene rings is 3. The molecule has 2 aliphatic rings. The van der Waals surface area contributed by atoms with Crippen LogP contribution in [-0.4, -0.2) is 23.9 Å². The fourth-order valence-corrected chi connectivity index (χ4v) is 7.41. The summed E-state index contributed by atoms with van der Waals surface area (Å²) in [5.41, 5.74) is 1.79. The molecule has 11 heteroatoms. The number of thiazole rings is 1. The molecule has 0 radical (unpaired) electrons. The van der Waals surface area contributed by atoms with Crippen LogP contribution in [0.25, 0.3) is 11.8 Å².